The predicted molar refractivity (Wildman–Crippen MR) is 78.9 cm³/mol. The second-order valence-corrected chi connectivity index (χ2v) is 5.45. The second kappa shape index (κ2) is 7.29. The molecule has 20 heavy (non-hydrogen) atoms. The van der Waals surface area contributed by atoms with Crippen molar-refractivity contribution in [3.05, 3.63) is 34.3 Å². The maximum absolute atomic E-state index is 12.0. The number of carboxylic acids is 1. The first-order valence-electron chi connectivity index (χ1n) is 6.62. The first kappa shape index (κ1) is 16.5. The molecule has 1 aromatic rings. The first-order valence-corrected chi connectivity index (χ1v) is 7.00. The van der Waals surface area contributed by atoms with E-state index >= 15 is 0 Å². The van der Waals surface area contributed by atoms with E-state index in [1.54, 1.807) is 18.2 Å². The van der Waals surface area contributed by atoms with Crippen LogP contribution in [-0.2, 0) is 16.0 Å². The zero-order valence-electron chi connectivity index (χ0n) is 11.9. The van der Waals surface area contributed by atoms with Gasteiger partial charge in [-0.25, -0.2) is 4.79 Å². The lowest BCUT2D eigenvalue weighted by Crippen LogP contribution is -2.45. The third-order valence-corrected chi connectivity index (χ3v) is 3.69. The molecule has 5 heteroatoms. The number of carboxylic acid groups (broad SMARTS) is 1. The Bertz CT molecular complexity index is 502. The Balaban J connectivity index is 2.73. The summed E-state index contributed by atoms with van der Waals surface area (Å²) < 4.78 is 0. The fourth-order valence-electron chi connectivity index (χ4n) is 1.94. The third-order valence-electron chi connectivity index (χ3n) is 3.45. The van der Waals surface area contributed by atoms with E-state index in [-0.39, 0.29) is 18.2 Å². The largest absolute Gasteiger partial charge is 0.480 e. The van der Waals surface area contributed by atoms with Gasteiger partial charge in [-0.15, -0.1) is 0 Å². The third kappa shape index (κ3) is 4.53. The van der Waals surface area contributed by atoms with E-state index in [1.807, 2.05) is 20.8 Å². The molecule has 0 radical (unpaired) electrons. The van der Waals surface area contributed by atoms with Crippen molar-refractivity contribution in [3.63, 3.8) is 0 Å². The smallest absolute Gasteiger partial charge is 0.326 e. The van der Waals surface area contributed by atoms with E-state index in [9.17, 15) is 9.59 Å². The van der Waals surface area contributed by atoms with Crippen molar-refractivity contribution in [2.75, 3.05) is 0 Å². The molecule has 1 amide bonds. The standard InChI is InChI=1S/C15H20ClNO3/c1-4-9(2)14(15(19)20)17-13(18)8-11-5-6-12(16)7-10(11)3/h5-7,9,14H,4,8H2,1-3H3,(H,17,18)(H,19,20). The van der Waals surface area contributed by atoms with Crippen LogP contribution >= 0.6 is 11.6 Å². The van der Waals surface area contributed by atoms with Crippen molar-refractivity contribution < 1.29 is 14.7 Å². The van der Waals surface area contributed by atoms with Crippen molar-refractivity contribution in [2.24, 2.45) is 5.92 Å². The SMILES string of the molecule is CCC(C)C(NC(=O)Cc1ccc(Cl)cc1C)C(=O)O. The van der Waals surface area contributed by atoms with Crippen LogP contribution in [0.25, 0.3) is 0 Å². The molecule has 2 atom stereocenters. The molecule has 0 aliphatic heterocycles. The van der Waals surface area contributed by atoms with Gasteiger partial charge in [-0.05, 0) is 36.1 Å². The minimum Gasteiger partial charge on any atom is -0.480 e. The van der Waals surface area contributed by atoms with E-state index in [0.717, 1.165) is 11.1 Å². The van der Waals surface area contributed by atoms with Gasteiger partial charge in [0.05, 0.1) is 6.42 Å². The fraction of sp³-hybridized carbons (Fsp3) is 0.467. The summed E-state index contributed by atoms with van der Waals surface area (Å²) in [6.07, 6.45) is 0.848. The lowest BCUT2D eigenvalue weighted by molar-refractivity contribution is -0.143. The van der Waals surface area contributed by atoms with Crippen LogP contribution in [0.3, 0.4) is 0 Å². The summed E-state index contributed by atoms with van der Waals surface area (Å²) in [5, 5.41) is 12.4. The van der Waals surface area contributed by atoms with E-state index in [1.165, 1.54) is 0 Å². The van der Waals surface area contributed by atoms with Crippen molar-refractivity contribution in [3.8, 4) is 0 Å². The zero-order chi connectivity index (χ0) is 15.3. The van der Waals surface area contributed by atoms with E-state index in [4.69, 9.17) is 16.7 Å². The molecular formula is C15H20ClNO3. The highest BCUT2D eigenvalue weighted by molar-refractivity contribution is 6.30. The maximum atomic E-state index is 12.0. The normalized spacial score (nSPS) is 13.6. The Labute approximate surface area is 124 Å². The van der Waals surface area contributed by atoms with Crippen LogP contribution in [0.2, 0.25) is 5.02 Å². The van der Waals surface area contributed by atoms with Gasteiger partial charge in [0, 0.05) is 5.02 Å². The van der Waals surface area contributed by atoms with Crippen molar-refractivity contribution in [1.82, 2.24) is 5.32 Å². The van der Waals surface area contributed by atoms with E-state index < -0.39 is 12.0 Å². The van der Waals surface area contributed by atoms with Gasteiger partial charge in [0.15, 0.2) is 0 Å². The van der Waals surface area contributed by atoms with Gasteiger partial charge in [-0.2, -0.15) is 0 Å². The molecule has 1 aromatic carbocycles. The number of hydrogen-bond donors (Lipinski definition) is 2. The van der Waals surface area contributed by atoms with Crippen LogP contribution in [0.5, 0.6) is 0 Å². The van der Waals surface area contributed by atoms with Gasteiger partial charge < -0.3 is 10.4 Å². The molecule has 1 rings (SSSR count). The van der Waals surface area contributed by atoms with Crippen molar-refractivity contribution >= 4 is 23.5 Å². The lowest BCUT2D eigenvalue weighted by atomic mass is 9.98. The summed E-state index contributed by atoms with van der Waals surface area (Å²) in [5.74, 6) is -1.40. The van der Waals surface area contributed by atoms with Gasteiger partial charge in [0.25, 0.3) is 0 Å². The second-order valence-electron chi connectivity index (χ2n) is 5.02. The highest BCUT2D eigenvalue weighted by atomic mass is 35.5. The number of nitrogens with one attached hydrogen (secondary N) is 1. The number of aliphatic carboxylic acids is 1. The van der Waals surface area contributed by atoms with E-state index in [2.05, 4.69) is 5.32 Å². The van der Waals surface area contributed by atoms with Gasteiger partial charge in [-0.3, -0.25) is 4.79 Å². The van der Waals surface area contributed by atoms with Crippen LogP contribution in [0.15, 0.2) is 18.2 Å². The molecule has 0 aromatic heterocycles. The Hall–Kier alpha value is -1.55. The molecule has 0 spiro atoms. The number of amides is 1. The Morgan fingerprint density at radius 2 is 2.05 bits per heavy atom. The van der Waals surface area contributed by atoms with Crippen molar-refractivity contribution in [1.29, 1.82) is 0 Å². The molecule has 2 N–H and O–H groups in total. The minimum atomic E-state index is -1.000. The molecule has 0 bridgehead atoms. The first-order chi connectivity index (χ1) is 9.35. The highest BCUT2D eigenvalue weighted by Gasteiger charge is 2.25. The van der Waals surface area contributed by atoms with Crippen molar-refractivity contribution in [2.45, 2.75) is 39.7 Å². The molecule has 0 saturated carbocycles. The minimum absolute atomic E-state index is 0.109. The molecule has 4 nitrogen and oxygen atoms in total. The summed E-state index contributed by atoms with van der Waals surface area (Å²) in [6.45, 7) is 5.58. The topological polar surface area (TPSA) is 66.4 Å². The summed E-state index contributed by atoms with van der Waals surface area (Å²) >= 11 is 5.86. The number of hydrogen-bond acceptors (Lipinski definition) is 2. The maximum Gasteiger partial charge on any atom is 0.326 e. The van der Waals surface area contributed by atoms with Crippen LogP contribution in [0, 0.1) is 12.8 Å². The molecule has 110 valence electrons. The lowest BCUT2D eigenvalue weighted by Gasteiger charge is -2.20. The number of halogens is 1. The summed E-state index contributed by atoms with van der Waals surface area (Å²) in [4.78, 5) is 23.1. The van der Waals surface area contributed by atoms with Gasteiger partial charge >= 0.3 is 5.97 Å². The summed E-state index contributed by atoms with van der Waals surface area (Å²) in [6, 6.07) is 4.45. The quantitative estimate of drug-likeness (QED) is 0.848. The van der Waals surface area contributed by atoms with Gasteiger partial charge in [-0.1, -0.05) is 37.9 Å². The number of aryl methyl sites for hydroxylation is 1. The highest BCUT2D eigenvalue weighted by Crippen LogP contribution is 2.16. The summed E-state index contributed by atoms with van der Waals surface area (Å²) in [5.41, 5.74) is 1.77. The monoisotopic (exact) mass is 297 g/mol. The molecule has 0 fully saturated rings. The molecule has 0 aliphatic carbocycles. The Morgan fingerprint density at radius 3 is 2.55 bits per heavy atom. The molecular weight excluding hydrogens is 278 g/mol. The summed E-state index contributed by atoms with van der Waals surface area (Å²) in [7, 11) is 0. The van der Waals surface area contributed by atoms with Crippen LogP contribution in [0.4, 0.5) is 0 Å². The molecule has 0 aliphatic rings. The van der Waals surface area contributed by atoms with Crippen LogP contribution in [-0.4, -0.2) is 23.0 Å². The number of carbonyl (C=O) groups is 2. The number of rotatable bonds is 6. The molecule has 0 saturated heterocycles. The Kier molecular flexibility index (Phi) is 6.02. The average Bonchev–Trinajstić information content (AvgIpc) is 2.38. The fourth-order valence-corrected chi connectivity index (χ4v) is 2.16. The van der Waals surface area contributed by atoms with Gasteiger partial charge in [0.1, 0.15) is 6.04 Å². The van der Waals surface area contributed by atoms with Gasteiger partial charge in [0.2, 0.25) is 5.91 Å². The predicted octanol–water partition coefficient (Wildman–Crippen LogP) is 2.81. The number of carbonyl (C=O) groups excluding carboxylic acids is 1. The Morgan fingerprint density at radius 1 is 1.40 bits per heavy atom. The van der Waals surface area contributed by atoms with E-state index in [0.29, 0.717) is 11.4 Å². The molecule has 0 heterocycles. The van der Waals surface area contributed by atoms with Crippen LogP contribution in [0.1, 0.15) is 31.4 Å². The average molecular weight is 298 g/mol. The number of benzene rings is 1. The zero-order valence-corrected chi connectivity index (χ0v) is 12.7. The van der Waals surface area contributed by atoms with Crippen LogP contribution < -0.4 is 5.32 Å². The molecule has 2 unspecified atom stereocenters.